The van der Waals surface area contributed by atoms with Gasteiger partial charge in [0.2, 0.25) is 0 Å². The Morgan fingerprint density at radius 3 is 2.85 bits per heavy atom. The highest BCUT2D eigenvalue weighted by atomic mass is 19.1. The van der Waals surface area contributed by atoms with E-state index in [1.807, 2.05) is 0 Å². The molecule has 1 unspecified atom stereocenters. The number of hydrogen-bond donors (Lipinski definition) is 1. The summed E-state index contributed by atoms with van der Waals surface area (Å²) >= 11 is 0. The fourth-order valence-electron chi connectivity index (χ4n) is 3.13. The number of benzene rings is 2. The number of aromatic amines is 1. The van der Waals surface area contributed by atoms with E-state index in [9.17, 15) is 4.39 Å². The standard InChI is InChI=1S/C17H15FN2/c18-14-7-8-15-16(10-14)20-17(19-15)13-6-5-11-3-1-2-4-12(11)9-13/h1-4,7-8,10,13H,5-6,9H2,(H,19,20). The summed E-state index contributed by atoms with van der Waals surface area (Å²) in [6.07, 6.45) is 3.20. The van der Waals surface area contributed by atoms with E-state index < -0.39 is 0 Å². The monoisotopic (exact) mass is 266 g/mol. The lowest BCUT2D eigenvalue weighted by Crippen LogP contribution is -2.13. The van der Waals surface area contributed by atoms with E-state index in [0.717, 1.165) is 36.1 Å². The Morgan fingerprint density at radius 2 is 1.95 bits per heavy atom. The van der Waals surface area contributed by atoms with Crippen LogP contribution in [0.3, 0.4) is 0 Å². The van der Waals surface area contributed by atoms with Gasteiger partial charge in [0.05, 0.1) is 11.0 Å². The zero-order valence-corrected chi connectivity index (χ0v) is 11.1. The van der Waals surface area contributed by atoms with Crippen molar-refractivity contribution >= 4 is 11.0 Å². The van der Waals surface area contributed by atoms with Gasteiger partial charge in [0, 0.05) is 5.92 Å². The number of halogens is 1. The maximum absolute atomic E-state index is 13.2. The highest BCUT2D eigenvalue weighted by Gasteiger charge is 2.22. The van der Waals surface area contributed by atoms with Crippen LogP contribution in [0.4, 0.5) is 4.39 Å². The maximum atomic E-state index is 13.2. The Balaban J connectivity index is 1.70. The van der Waals surface area contributed by atoms with Crippen LogP contribution in [-0.2, 0) is 12.8 Å². The van der Waals surface area contributed by atoms with Crippen LogP contribution in [0.5, 0.6) is 0 Å². The Labute approximate surface area is 116 Å². The van der Waals surface area contributed by atoms with Crippen LogP contribution >= 0.6 is 0 Å². The number of H-pyrrole nitrogens is 1. The SMILES string of the molecule is Fc1ccc2nc(C3CCc4ccccc4C3)[nH]c2c1. The van der Waals surface area contributed by atoms with E-state index in [0.29, 0.717) is 5.92 Å². The highest BCUT2D eigenvalue weighted by Crippen LogP contribution is 2.32. The van der Waals surface area contributed by atoms with Crippen molar-refractivity contribution in [2.75, 3.05) is 0 Å². The van der Waals surface area contributed by atoms with Gasteiger partial charge in [-0.3, -0.25) is 0 Å². The molecular weight excluding hydrogens is 251 g/mol. The Morgan fingerprint density at radius 1 is 1.10 bits per heavy atom. The Hall–Kier alpha value is -2.16. The molecule has 0 spiro atoms. The van der Waals surface area contributed by atoms with Crippen LogP contribution in [0, 0.1) is 5.82 Å². The molecule has 3 aromatic rings. The van der Waals surface area contributed by atoms with Crippen molar-refractivity contribution in [2.24, 2.45) is 0 Å². The number of hydrogen-bond acceptors (Lipinski definition) is 1. The first-order valence-electron chi connectivity index (χ1n) is 7.01. The molecule has 0 amide bonds. The largest absolute Gasteiger partial charge is 0.342 e. The second-order valence-electron chi connectivity index (χ2n) is 5.49. The lowest BCUT2D eigenvalue weighted by molar-refractivity contribution is 0.561. The molecule has 1 aliphatic rings. The van der Waals surface area contributed by atoms with Gasteiger partial charge in [-0.05, 0) is 48.6 Å². The molecule has 1 heterocycles. The first-order valence-corrected chi connectivity index (χ1v) is 7.01. The summed E-state index contributed by atoms with van der Waals surface area (Å²) in [5.74, 6) is 1.17. The summed E-state index contributed by atoms with van der Waals surface area (Å²) in [6, 6.07) is 13.3. The average Bonchev–Trinajstić information content (AvgIpc) is 2.89. The zero-order valence-electron chi connectivity index (χ0n) is 11.1. The van der Waals surface area contributed by atoms with Gasteiger partial charge in [-0.15, -0.1) is 0 Å². The van der Waals surface area contributed by atoms with Gasteiger partial charge in [0.1, 0.15) is 11.6 Å². The molecular formula is C17H15FN2. The van der Waals surface area contributed by atoms with Gasteiger partial charge in [0.25, 0.3) is 0 Å². The van der Waals surface area contributed by atoms with Crippen LogP contribution < -0.4 is 0 Å². The first-order chi connectivity index (χ1) is 9.79. The number of aromatic nitrogens is 2. The van der Waals surface area contributed by atoms with Crippen molar-refractivity contribution in [3.05, 3.63) is 65.2 Å². The highest BCUT2D eigenvalue weighted by molar-refractivity contribution is 5.75. The van der Waals surface area contributed by atoms with Gasteiger partial charge in [-0.25, -0.2) is 9.37 Å². The molecule has 0 saturated heterocycles. The number of nitrogens with zero attached hydrogens (tertiary/aromatic N) is 1. The normalized spacial score (nSPS) is 18.1. The fraction of sp³-hybridized carbons (Fsp3) is 0.235. The van der Waals surface area contributed by atoms with Crippen LogP contribution in [0.1, 0.15) is 29.3 Å². The minimum Gasteiger partial charge on any atom is -0.342 e. The molecule has 20 heavy (non-hydrogen) atoms. The minimum absolute atomic E-state index is 0.221. The first kappa shape index (κ1) is 11.6. The summed E-state index contributed by atoms with van der Waals surface area (Å²) in [6.45, 7) is 0. The molecule has 1 aliphatic carbocycles. The number of nitrogens with one attached hydrogen (secondary N) is 1. The van der Waals surface area contributed by atoms with Crippen molar-refractivity contribution in [1.29, 1.82) is 0 Å². The van der Waals surface area contributed by atoms with Crippen LogP contribution in [-0.4, -0.2) is 9.97 Å². The third-order valence-electron chi connectivity index (χ3n) is 4.20. The Kier molecular flexibility index (Phi) is 2.59. The summed E-state index contributed by atoms with van der Waals surface area (Å²) < 4.78 is 13.2. The predicted molar refractivity (Wildman–Crippen MR) is 77.3 cm³/mol. The van der Waals surface area contributed by atoms with Crippen LogP contribution in [0.15, 0.2) is 42.5 Å². The molecule has 0 aliphatic heterocycles. The van der Waals surface area contributed by atoms with Crippen molar-refractivity contribution in [1.82, 2.24) is 9.97 Å². The van der Waals surface area contributed by atoms with Gasteiger partial charge in [0.15, 0.2) is 0 Å². The molecule has 1 atom stereocenters. The topological polar surface area (TPSA) is 28.7 Å². The number of aryl methyl sites for hydroxylation is 1. The second-order valence-corrected chi connectivity index (χ2v) is 5.49. The average molecular weight is 266 g/mol. The number of rotatable bonds is 1. The van der Waals surface area contributed by atoms with Crippen LogP contribution in [0.2, 0.25) is 0 Å². The van der Waals surface area contributed by atoms with Crippen LogP contribution in [0.25, 0.3) is 11.0 Å². The Bertz CT molecular complexity index is 776. The molecule has 3 heteroatoms. The lowest BCUT2D eigenvalue weighted by Gasteiger charge is -2.22. The molecule has 0 fully saturated rings. The van der Waals surface area contributed by atoms with Crippen molar-refractivity contribution < 1.29 is 4.39 Å². The number of imidazole rings is 1. The molecule has 1 N–H and O–H groups in total. The van der Waals surface area contributed by atoms with Crippen molar-refractivity contribution in [2.45, 2.75) is 25.2 Å². The molecule has 0 saturated carbocycles. The van der Waals surface area contributed by atoms with Gasteiger partial charge in [-0.1, -0.05) is 24.3 Å². The van der Waals surface area contributed by atoms with E-state index in [2.05, 4.69) is 34.2 Å². The summed E-state index contributed by atoms with van der Waals surface area (Å²) in [5, 5.41) is 0. The third kappa shape index (κ3) is 1.90. The molecule has 1 aromatic heterocycles. The maximum Gasteiger partial charge on any atom is 0.125 e. The molecule has 0 radical (unpaired) electrons. The molecule has 4 rings (SSSR count). The summed E-state index contributed by atoms with van der Waals surface area (Å²) in [5.41, 5.74) is 4.50. The minimum atomic E-state index is -0.221. The van der Waals surface area contributed by atoms with Crippen molar-refractivity contribution in [3.8, 4) is 0 Å². The van der Waals surface area contributed by atoms with Crippen molar-refractivity contribution in [3.63, 3.8) is 0 Å². The van der Waals surface area contributed by atoms with E-state index in [1.165, 1.54) is 23.3 Å². The summed E-state index contributed by atoms with van der Waals surface area (Å²) in [4.78, 5) is 7.91. The van der Waals surface area contributed by atoms with E-state index in [1.54, 1.807) is 6.07 Å². The second kappa shape index (κ2) is 4.44. The molecule has 0 bridgehead atoms. The van der Waals surface area contributed by atoms with E-state index >= 15 is 0 Å². The molecule has 100 valence electrons. The summed E-state index contributed by atoms with van der Waals surface area (Å²) in [7, 11) is 0. The zero-order chi connectivity index (χ0) is 13.5. The fourth-order valence-corrected chi connectivity index (χ4v) is 3.13. The molecule has 2 nitrogen and oxygen atoms in total. The van der Waals surface area contributed by atoms with E-state index in [4.69, 9.17) is 0 Å². The number of fused-ring (bicyclic) bond motifs is 2. The lowest BCUT2D eigenvalue weighted by atomic mass is 9.83. The third-order valence-corrected chi connectivity index (χ3v) is 4.20. The quantitative estimate of drug-likeness (QED) is 0.709. The smallest absolute Gasteiger partial charge is 0.125 e. The van der Waals surface area contributed by atoms with Gasteiger partial charge in [-0.2, -0.15) is 0 Å². The van der Waals surface area contributed by atoms with Gasteiger partial charge >= 0.3 is 0 Å². The predicted octanol–water partition coefficient (Wildman–Crippen LogP) is 3.97. The molecule has 2 aromatic carbocycles. The van der Waals surface area contributed by atoms with E-state index in [-0.39, 0.29) is 5.82 Å². The van der Waals surface area contributed by atoms with Gasteiger partial charge < -0.3 is 4.98 Å².